The van der Waals surface area contributed by atoms with E-state index in [1.807, 2.05) is 17.9 Å². The number of hydrogen-bond donors (Lipinski definition) is 2. The lowest BCUT2D eigenvalue weighted by atomic mass is 9.98. The fourth-order valence-electron chi connectivity index (χ4n) is 2.60. The van der Waals surface area contributed by atoms with Crippen molar-refractivity contribution < 1.29 is 9.90 Å². The highest BCUT2D eigenvalue weighted by Crippen LogP contribution is 2.23. The van der Waals surface area contributed by atoms with Gasteiger partial charge in [-0.15, -0.1) is 0 Å². The van der Waals surface area contributed by atoms with Crippen molar-refractivity contribution in [2.75, 3.05) is 25.0 Å². The first kappa shape index (κ1) is 15.8. The molecule has 0 aromatic carbocycles. The van der Waals surface area contributed by atoms with Crippen molar-refractivity contribution in [1.29, 1.82) is 0 Å². The van der Waals surface area contributed by atoms with Crippen molar-refractivity contribution in [2.24, 2.45) is 0 Å². The summed E-state index contributed by atoms with van der Waals surface area (Å²) in [4.78, 5) is 18.8. The van der Waals surface area contributed by atoms with Gasteiger partial charge >= 0.3 is 0 Å². The zero-order valence-corrected chi connectivity index (χ0v) is 12.9. The van der Waals surface area contributed by atoms with Gasteiger partial charge in [0.1, 0.15) is 5.82 Å². The van der Waals surface area contributed by atoms with Crippen molar-refractivity contribution in [3.63, 3.8) is 0 Å². The second-order valence-electron chi connectivity index (χ2n) is 5.97. The number of nitrogens with zero attached hydrogens (tertiary/aromatic N) is 2. The number of hydrogen-bond acceptors (Lipinski definition) is 4. The average molecular weight is 291 g/mol. The summed E-state index contributed by atoms with van der Waals surface area (Å²) in [5.74, 6) is 0.653. The first-order valence-corrected chi connectivity index (χ1v) is 7.74. The number of pyridine rings is 1. The summed E-state index contributed by atoms with van der Waals surface area (Å²) in [5.41, 5.74) is -0.0414. The van der Waals surface area contributed by atoms with E-state index in [9.17, 15) is 9.90 Å². The smallest absolute Gasteiger partial charge is 0.257 e. The molecule has 116 valence electrons. The lowest BCUT2D eigenvalue weighted by molar-refractivity contribution is 0.0438. The van der Waals surface area contributed by atoms with Gasteiger partial charge in [0.2, 0.25) is 0 Å². The summed E-state index contributed by atoms with van der Waals surface area (Å²) in [6, 6.07) is 3.61. The molecule has 2 heterocycles. The molecule has 21 heavy (non-hydrogen) atoms. The second kappa shape index (κ2) is 6.89. The standard InChI is InChI=1S/C16H25N3O2/c1-3-9-17-14-13(6-4-10-18-14)15(20)19-11-5-7-16(2,21)8-12-19/h4,6,10,21H,3,5,7-9,11-12H2,1-2H3,(H,17,18). The maximum Gasteiger partial charge on any atom is 0.257 e. The van der Waals surface area contributed by atoms with Crippen LogP contribution in [0.25, 0.3) is 0 Å². The summed E-state index contributed by atoms with van der Waals surface area (Å²) in [5, 5.41) is 13.3. The summed E-state index contributed by atoms with van der Waals surface area (Å²) >= 11 is 0. The Labute approximate surface area is 126 Å². The SMILES string of the molecule is CCCNc1ncccc1C(=O)N1CCCC(C)(O)CC1. The van der Waals surface area contributed by atoms with Gasteiger partial charge in [-0.1, -0.05) is 6.92 Å². The third-order valence-corrected chi connectivity index (χ3v) is 3.93. The average Bonchev–Trinajstić information content (AvgIpc) is 2.65. The van der Waals surface area contributed by atoms with E-state index < -0.39 is 5.60 Å². The van der Waals surface area contributed by atoms with Gasteiger partial charge < -0.3 is 15.3 Å². The van der Waals surface area contributed by atoms with E-state index in [1.54, 1.807) is 12.3 Å². The number of carbonyl (C=O) groups is 1. The molecule has 1 atom stereocenters. The van der Waals surface area contributed by atoms with Crippen LogP contribution < -0.4 is 5.32 Å². The van der Waals surface area contributed by atoms with Crippen LogP contribution in [-0.4, -0.2) is 46.1 Å². The summed E-state index contributed by atoms with van der Waals surface area (Å²) < 4.78 is 0. The zero-order chi connectivity index (χ0) is 15.3. The lowest BCUT2D eigenvalue weighted by Crippen LogP contribution is -2.34. The summed E-state index contributed by atoms with van der Waals surface area (Å²) in [6.07, 6.45) is 4.87. The van der Waals surface area contributed by atoms with Crippen molar-refractivity contribution in [3.8, 4) is 0 Å². The van der Waals surface area contributed by atoms with Gasteiger partial charge in [-0.2, -0.15) is 0 Å². The molecule has 5 nitrogen and oxygen atoms in total. The van der Waals surface area contributed by atoms with Crippen LogP contribution in [0.5, 0.6) is 0 Å². The Hall–Kier alpha value is -1.62. The third kappa shape index (κ3) is 4.17. The molecule has 1 amide bonds. The zero-order valence-electron chi connectivity index (χ0n) is 12.9. The third-order valence-electron chi connectivity index (χ3n) is 3.93. The normalized spacial score (nSPS) is 22.7. The molecule has 5 heteroatoms. The molecule has 1 fully saturated rings. The lowest BCUT2D eigenvalue weighted by Gasteiger charge is -2.23. The fraction of sp³-hybridized carbons (Fsp3) is 0.625. The molecule has 0 radical (unpaired) electrons. The molecule has 0 bridgehead atoms. The van der Waals surface area contributed by atoms with Crippen LogP contribution in [0.15, 0.2) is 18.3 Å². The molecular weight excluding hydrogens is 266 g/mol. The number of carbonyl (C=O) groups excluding carboxylic acids is 1. The van der Waals surface area contributed by atoms with Crippen LogP contribution in [0.3, 0.4) is 0 Å². The fourth-order valence-corrected chi connectivity index (χ4v) is 2.60. The van der Waals surface area contributed by atoms with Crippen molar-refractivity contribution in [1.82, 2.24) is 9.88 Å². The van der Waals surface area contributed by atoms with Gasteiger partial charge in [0.05, 0.1) is 11.2 Å². The van der Waals surface area contributed by atoms with E-state index >= 15 is 0 Å². The molecule has 1 aliphatic rings. The Kier molecular flexibility index (Phi) is 5.17. The van der Waals surface area contributed by atoms with Crippen LogP contribution in [0, 0.1) is 0 Å². The topological polar surface area (TPSA) is 65.5 Å². The van der Waals surface area contributed by atoms with Gasteiger partial charge in [-0.05, 0) is 44.7 Å². The Morgan fingerprint density at radius 3 is 3.05 bits per heavy atom. The molecule has 1 unspecified atom stereocenters. The number of likely N-dealkylation sites (tertiary alicyclic amines) is 1. The predicted octanol–water partition coefficient (Wildman–Crippen LogP) is 2.28. The monoisotopic (exact) mass is 291 g/mol. The maximum atomic E-state index is 12.7. The molecule has 1 aliphatic heterocycles. The van der Waals surface area contributed by atoms with Gasteiger partial charge in [0, 0.05) is 25.8 Å². The first-order chi connectivity index (χ1) is 10.0. The second-order valence-corrected chi connectivity index (χ2v) is 5.97. The van der Waals surface area contributed by atoms with Gasteiger partial charge in [-0.25, -0.2) is 4.98 Å². The van der Waals surface area contributed by atoms with E-state index in [4.69, 9.17) is 0 Å². The number of rotatable bonds is 4. The van der Waals surface area contributed by atoms with Crippen molar-refractivity contribution in [2.45, 2.75) is 45.1 Å². The quantitative estimate of drug-likeness (QED) is 0.893. The Morgan fingerprint density at radius 1 is 1.48 bits per heavy atom. The molecule has 2 N–H and O–H groups in total. The molecule has 1 aromatic heterocycles. The molecule has 0 aliphatic carbocycles. The highest BCUT2D eigenvalue weighted by Gasteiger charge is 2.28. The van der Waals surface area contributed by atoms with Crippen LogP contribution in [0.4, 0.5) is 5.82 Å². The van der Waals surface area contributed by atoms with Crippen LogP contribution >= 0.6 is 0 Å². The number of nitrogens with one attached hydrogen (secondary N) is 1. The molecule has 0 saturated carbocycles. The number of amides is 1. The number of anilines is 1. The van der Waals surface area contributed by atoms with E-state index in [2.05, 4.69) is 17.2 Å². The Balaban J connectivity index is 2.12. The first-order valence-electron chi connectivity index (χ1n) is 7.74. The van der Waals surface area contributed by atoms with Gasteiger partial charge in [0.15, 0.2) is 0 Å². The van der Waals surface area contributed by atoms with Crippen LogP contribution in [-0.2, 0) is 0 Å². The van der Waals surface area contributed by atoms with Gasteiger partial charge in [-0.3, -0.25) is 4.79 Å². The summed E-state index contributed by atoms with van der Waals surface area (Å²) in [6.45, 7) is 6.00. The minimum atomic E-state index is -0.659. The number of aromatic nitrogens is 1. The van der Waals surface area contributed by atoms with Crippen LogP contribution in [0.1, 0.15) is 49.9 Å². The van der Waals surface area contributed by atoms with E-state index in [1.165, 1.54) is 0 Å². The minimum Gasteiger partial charge on any atom is -0.390 e. The largest absolute Gasteiger partial charge is 0.390 e. The Bertz CT molecular complexity index is 488. The predicted molar refractivity (Wildman–Crippen MR) is 83.4 cm³/mol. The maximum absolute atomic E-state index is 12.7. The molecular formula is C16H25N3O2. The van der Waals surface area contributed by atoms with Crippen molar-refractivity contribution in [3.05, 3.63) is 23.9 Å². The highest BCUT2D eigenvalue weighted by atomic mass is 16.3. The van der Waals surface area contributed by atoms with E-state index in [0.29, 0.717) is 30.9 Å². The van der Waals surface area contributed by atoms with Crippen molar-refractivity contribution >= 4 is 11.7 Å². The highest BCUT2D eigenvalue weighted by molar-refractivity contribution is 5.98. The van der Waals surface area contributed by atoms with Gasteiger partial charge in [0.25, 0.3) is 5.91 Å². The molecule has 1 aromatic rings. The molecule has 2 rings (SSSR count). The Morgan fingerprint density at radius 2 is 2.29 bits per heavy atom. The number of aliphatic hydroxyl groups is 1. The van der Waals surface area contributed by atoms with Crippen LogP contribution in [0.2, 0.25) is 0 Å². The van der Waals surface area contributed by atoms with E-state index in [-0.39, 0.29) is 5.91 Å². The minimum absolute atomic E-state index is 0.000553. The summed E-state index contributed by atoms with van der Waals surface area (Å²) in [7, 11) is 0. The molecule has 0 spiro atoms. The van der Waals surface area contributed by atoms with E-state index in [0.717, 1.165) is 25.8 Å². The molecule has 1 saturated heterocycles.